The number of carboxylic acids is 1. The Labute approximate surface area is 85.1 Å². The zero-order valence-electron chi connectivity index (χ0n) is 7.79. The van der Waals surface area contributed by atoms with Gasteiger partial charge in [-0.3, -0.25) is 5.10 Å². The van der Waals surface area contributed by atoms with Crippen molar-refractivity contribution in [1.29, 1.82) is 0 Å². The molecule has 0 aliphatic heterocycles. The lowest BCUT2D eigenvalue weighted by molar-refractivity contribution is 0.0690. The number of hydrogen-bond donors (Lipinski definition) is 2. The molecule has 1 rings (SSSR count). The molecule has 0 amide bonds. The fourth-order valence-corrected chi connectivity index (χ4v) is 0.980. The average Bonchev–Trinajstić information content (AvgIpc) is 2.66. The van der Waals surface area contributed by atoms with E-state index in [1.165, 1.54) is 6.20 Å². The van der Waals surface area contributed by atoms with Crippen LogP contribution < -0.4 is 0 Å². The van der Waals surface area contributed by atoms with Crippen molar-refractivity contribution in [3.05, 3.63) is 34.0 Å². The van der Waals surface area contributed by atoms with Crippen molar-refractivity contribution in [2.24, 2.45) is 5.11 Å². The summed E-state index contributed by atoms with van der Waals surface area (Å²) in [6, 6.07) is 0. The summed E-state index contributed by atoms with van der Waals surface area (Å²) in [6.45, 7) is 0.354. The van der Waals surface area contributed by atoms with Gasteiger partial charge in [-0.2, -0.15) is 5.10 Å². The molecule has 1 aromatic heterocycles. The number of nitrogens with one attached hydrogen (secondary N) is 1. The summed E-state index contributed by atoms with van der Waals surface area (Å²) in [5.41, 5.74) is 8.56. The van der Waals surface area contributed by atoms with Gasteiger partial charge >= 0.3 is 5.97 Å². The van der Waals surface area contributed by atoms with Gasteiger partial charge in [0, 0.05) is 17.0 Å². The van der Waals surface area contributed by atoms with Crippen LogP contribution in [-0.2, 0) is 0 Å². The van der Waals surface area contributed by atoms with Crippen LogP contribution >= 0.6 is 0 Å². The van der Waals surface area contributed by atoms with Crippen LogP contribution in [0, 0.1) is 0 Å². The molecule has 0 aromatic carbocycles. The zero-order chi connectivity index (χ0) is 11.1. The Balaban J connectivity index is 2.60. The van der Waals surface area contributed by atoms with E-state index >= 15 is 0 Å². The Kier molecular flexibility index (Phi) is 3.93. The lowest BCUT2D eigenvalue weighted by Crippen LogP contribution is -1.98. The molecule has 0 aliphatic rings. The molecule has 0 bridgehead atoms. The summed E-state index contributed by atoms with van der Waals surface area (Å²) >= 11 is 0. The van der Waals surface area contributed by atoms with Crippen molar-refractivity contribution in [3.63, 3.8) is 0 Å². The van der Waals surface area contributed by atoms with E-state index in [1.807, 2.05) is 0 Å². The molecular formula is C8H9N5O2. The van der Waals surface area contributed by atoms with Gasteiger partial charge in [-0.25, -0.2) is 4.79 Å². The van der Waals surface area contributed by atoms with E-state index in [1.54, 1.807) is 12.2 Å². The molecule has 0 radical (unpaired) electrons. The Bertz CT molecular complexity index is 416. The highest BCUT2D eigenvalue weighted by Crippen LogP contribution is 2.07. The molecular weight excluding hydrogens is 198 g/mol. The molecule has 0 atom stereocenters. The number of aromatic nitrogens is 2. The number of carboxylic acid groups (broad SMARTS) is 1. The van der Waals surface area contributed by atoms with Gasteiger partial charge in [0.15, 0.2) is 5.69 Å². The first-order chi connectivity index (χ1) is 7.25. The van der Waals surface area contributed by atoms with Gasteiger partial charge in [-0.15, -0.1) is 0 Å². The van der Waals surface area contributed by atoms with Crippen molar-refractivity contribution < 1.29 is 9.90 Å². The van der Waals surface area contributed by atoms with E-state index < -0.39 is 5.97 Å². The predicted molar refractivity (Wildman–Crippen MR) is 53.2 cm³/mol. The number of rotatable bonds is 5. The van der Waals surface area contributed by atoms with E-state index in [9.17, 15) is 4.79 Å². The van der Waals surface area contributed by atoms with E-state index in [4.69, 9.17) is 10.6 Å². The van der Waals surface area contributed by atoms with Crippen molar-refractivity contribution in [3.8, 4) is 0 Å². The quantitative estimate of drug-likeness (QED) is 0.332. The van der Waals surface area contributed by atoms with Crippen molar-refractivity contribution in [2.75, 3.05) is 6.54 Å². The molecule has 1 aromatic rings. The third kappa shape index (κ3) is 3.17. The van der Waals surface area contributed by atoms with Gasteiger partial charge in [0.05, 0.1) is 6.20 Å². The van der Waals surface area contributed by atoms with Crippen LogP contribution in [0.5, 0.6) is 0 Å². The first kappa shape index (κ1) is 10.8. The Morgan fingerprint density at radius 3 is 3.27 bits per heavy atom. The fraction of sp³-hybridized carbons (Fsp3) is 0.250. The molecule has 7 nitrogen and oxygen atoms in total. The van der Waals surface area contributed by atoms with Crippen molar-refractivity contribution >= 4 is 12.0 Å². The van der Waals surface area contributed by atoms with Crippen LogP contribution in [-0.4, -0.2) is 27.8 Å². The first-order valence-corrected chi connectivity index (χ1v) is 4.19. The van der Waals surface area contributed by atoms with Crippen LogP contribution in [0.2, 0.25) is 0 Å². The summed E-state index contributed by atoms with van der Waals surface area (Å²) in [5, 5.41) is 18.1. The van der Waals surface area contributed by atoms with Crippen LogP contribution in [0.1, 0.15) is 22.5 Å². The molecule has 0 fully saturated rings. The van der Waals surface area contributed by atoms with Gasteiger partial charge < -0.3 is 5.11 Å². The summed E-state index contributed by atoms with van der Waals surface area (Å²) in [6.07, 6.45) is 5.34. The largest absolute Gasteiger partial charge is 0.477 e. The van der Waals surface area contributed by atoms with Gasteiger partial charge in [-0.05, 0) is 12.0 Å². The maximum absolute atomic E-state index is 10.6. The Hall–Kier alpha value is -2.27. The lowest BCUT2D eigenvalue weighted by Gasteiger charge is -1.90. The van der Waals surface area contributed by atoms with Crippen molar-refractivity contribution in [2.45, 2.75) is 6.42 Å². The Morgan fingerprint density at radius 2 is 2.60 bits per heavy atom. The maximum atomic E-state index is 10.6. The number of aromatic amines is 1. The fourth-order valence-electron chi connectivity index (χ4n) is 0.980. The van der Waals surface area contributed by atoms with E-state index in [0.29, 0.717) is 18.5 Å². The highest BCUT2D eigenvalue weighted by Gasteiger charge is 2.08. The highest BCUT2D eigenvalue weighted by atomic mass is 16.4. The zero-order valence-corrected chi connectivity index (χ0v) is 7.79. The average molecular weight is 207 g/mol. The van der Waals surface area contributed by atoms with Crippen LogP contribution in [0.15, 0.2) is 17.4 Å². The normalized spacial score (nSPS) is 10.1. The monoisotopic (exact) mass is 207 g/mol. The third-order valence-electron chi connectivity index (χ3n) is 1.64. The number of H-pyrrole nitrogens is 1. The molecule has 0 saturated carbocycles. The summed E-state index contributed by atoms with van der Waals surface area (Å²) in [7, 11) is 0. The second-order valence-electron chi connectivity index (χ2n) is 2.65. The molecule has 0 aliphatic carbocycles. The van der Waals surface area contributed by atoms with Crippen LogP contribution in [0.4, 0.5) is 0 Å². The standard InChI is InChI=1S/C8H9N5O2/c9-13-10-4-2-1-3-6-5-11-12-7(6)8(14)15/h1,3,5H,2,4H2,(H,11,12)(H,14,15). The summed E-state index contributed by atoms with van der Waals surface area (Å²) < 4.78 is 0. The third-order valence-corrected chi connectivity index (χ3v) is 1.64. The highest BCUT2D eigenvalue weighted by molar-refractivity contribution is 5.89. The number of aromatic carboxylic acids is 1. The second kappa shape index (κ2) is 5.46. The minimum atomic E-state index is -1.05. The van der Waals surface area contributed by atoms with Gasteiger partial charge in [0.1, 0.15) is 0 Å². The summed E-state index contributed by atoms with van der Waals surface area (Å²) in [4.78, 5) is 13.2. The maximum Gasteiger partial charge on any atom is 0.354 e. The van der Waals surface area contributed by atoms with E-state index in [-0.39, 0.29) is 5.69 Å². The summed E-state index contributed by atoms with van der Waals surface area (Å²) in [5.74, 6) is -1.05. The molecule has 1 heterocycles. The molecule has 2 N–H and O–H groups in total. The molecule has 0 spiro atoms. The number of nitrogens with zero attached hydrogens (tertiary/aromatic N) is 4. The topological polar surface area (TPSA) is 115 Å². The lowest BCUT2D eigenvalue weighted by atomic mass is 10.2. The first-order valence-electron chi connectivity index (χ1n) is 4.19. The van der Waals surface area contributed by atoms with Gasteiger partial charge in [-0.1, -0.05) is 17.3 Å². The minimum Gasteiger partial charge on any atom is -0.477 e. The molecule has 0 unspecified atom stereocenters. The molecule has 7 heteroatoms. The van der Waals surface area contributed by atoms with Crippen LogP contribution in [0.3, 0.4) is 0 Å². The second-order valence-corrected chi connectivity index (χ2v) is 2.65. The number of azide groups is 1. The Morgan fingerprint density at radius 1 is 1.80 bits per heavy atom. The smallest absolute Gasteiger partial charge is 0.354 e. The SMILES string of the molecule is [N-]=[N+]=NCCC=Cc1cn[nH]c1C(=O)O. The number of carbonyl (C=O) groups is 1. The van der Waals surface area contributed by atoms with Gasteiger partial charge in [0.25, 0.3) is 0 Å². The molecule has 0 saturated heterocycles. The number of hydrogen-bond acceptors (Lipinski definition) is 3. The predicted octanol–water partition coefficient (Wildman–Crippen LogP) is 1.82. The van der Waals surface area contributed by atoms with Crippen LogP contribution in [0.25, 0.3) is 16.5 Å². The van der Waals surface area contributed by atoms with E-state index in [0.717, 1.165) is 0 Å². The molecule has 78 valence electrons. The minimum absolute atomic E-state index is 0.0510. The van der Waals surface area contributed by atoms with Crippen molar-refractivity contribution in [1.82, 2.24) is 10.2 Å². The molecule has 15 heavy (non-hydrogen) atoms. The van der Waals surface area contributed by atoms with E-state index in [2.05, 4.69) is 20.2 Å². The van der Waals surface area contributed by atoms with Gasteiger partial charge in [0.2, 0.25) is 0 Å².